The zero-order valence-electron chi connectivity index (χ0n) is 21.4. The molecule has 5 rings (SSSR count). The monoisotopic (exact) mass is 453 g/mol. The van der Waals surface area contributed by atoms with Crippen LogP contribution < -0.4 is 11.1 Å². The first kappa shape index (κ1) is 22.8. The smallest absolute Gasteiger partial charge is 0.247 e. The largest absolute Gasteiger partial charge is 0.270 e. The van der Waals surface area contributed by atoms with Gasteiger partial charge in [0, 0.05) is 27.8 Å². The summed E-state index contributed by atoms with van der Waals surface area (Å²) >= 11 is 2.07. The predicted octanol–water partition coefficient (Wildman–Crippen LogP) is 6.37. The highest BCUT2D eigenvalue weighted by molar-refractivity contribution is 8.02. The van der Waals surface area contributed by atoms with E-state index in [4.69, 9.17) is 4.98 Å². The summed E-state index contributed by atoms with van der Waals surface area (Å²) in [7, 11) is 0. The summed E-state index contributed by atoms with van der Waals surface area (Å²) in [6.07, 6.45) is 2.12. The number of pyridine rings is 1. The summed E-state index contributed by atoms with van der Waals surface area (Å²) < 4.78 is 0. The van der Waals surface area contributed by atoms with Crippen molar-refractivity contribution in [2.45, 2.75) is 87.6 Å². The van der Waals surface area contributed by atoms with Crippen molar-refractivity contribution in [1.82, 2.24) is 4.98 Å². The molecular formula is C30H36BNS. The summed E-state index contributed by atoms with van der Waals surface area (Å²) in [6, 6.07) is 20.7. The lowest BCUT2D eigenvalue weighted by Gasteiger charge is -2.47. The predicted molar refractivity (Wildman–Crippen MR) is 145 cm³/mol. The number of thioether (sulfide) groups is 1. The van der Waals surface area contributed by atoms with Gasteiger partial charge in [-0.1, -0.05) is 103 Å². The van der Waals surface area contributed by atoms with Crippen LogP contribution in [0.5, 0.6) is 0 Å². The van der Waals surface area contributed by atoms with Gasteiger partial charge in [-0.2, -0.15) is 0 Å². The lowest BCUT2D eigenvalue weighted by atomic mass is 9.31. The van der Waals surface area contributed by atoms with E-state index in [1.165, 1.54) is 32.6 Å². The van der Waals surface area contributed by atoms with Gasteiger partial charge < -0.3 is 0 Å². The number of nitrogens with zero attached hydrogens (tertiary/aromatic N) is 1. The van der Waals surface area contributed by atoms with Crippen molar-refractivity contribution in [2.75, 3.05) is 0 Å². The Bertz CT molecular complexity index is 1200. The van der Waals surface area contributed by atoms with Gasteiger partial charge in [-0.15, -0.1) is 11.8 Å². The molecule has 0 saturated carbocycles. The van der Waals surface area contributed by atoms with Crippen LogP contribution in [-0.4, -0.2) is 16.8 Å². The van der Waals surface area contributed by atoms with Crippen LogP contribution in [0.15, 0.2) is 65.7 Å². The lowest BCUT2D eigenvalue weighted by molar-refractivity contribution is 0.413. The van der Waals surface area contributed by atoms with Crippen molar-refractivity contribution in [1.29, 1.82) is 0 Å². The maximum atomic E-state index is 5.12. The van der Waals surface area contributed by atoms with E-state index in [2.05, 4.69) is 128 Å². The van der Waals surface area contributed by atoms with Crippen molar-refractivity contribution in [3.8, 4) is 0 Å². The molecule has 0 saturated heterocycles. The molecule has 2 aliphatic heterocycles. The minimum Gasteiger partial charge on any atom is -0.270 e. The van der Waals surface area contributed by atoms with E-state index in [0.29, 0.717) is 11.1 Å². The molecule has 170 valence electrons. The maximum Gasteiger partial charge on any atom is 0.247 e. The Hall–Kier alpha value is -2.00. The van der Waals surface area contributed by atoms with Gasteiger partial charge in [-0.3, -0.25) is 4.98 Å². The Morgan fingerprint density at radius 1 is 0.848 bits per heavy atom. The molecule has 1 nitrogen and oxygen atoms in total. The first-order valence-electron chi connectivity index (χ1n) is 12.3. The quantitative estimate of drug-likeness (QED) is 0.397. The van der Waals surface area contributed by atoms with Crippen LogP contribution in [-0.2, 0) is 16.2 Å². The van der Waals surface area contributed by atoms with E-state index in [9.17, 15) is 0 Å². The van der Waals surface area contributed by atoms with Gasteiger partial charge in [0.15, 0.2) is 0 Å². The average Bonchev–Trinajstić information content (AvgIpc) is 3.13. The Balaban J connectivity index is 1.77. The summed E-state index contributed by atoms with van der Waals surface area (Å²) in [5.41, 5.74) is 8.77. The number of fused-ring (bicyclic) bond motifs is 4. The molecule has 1 aromatic heterocycles. The molecule has 3 aromatic rings. The average molecular weight is 454 g/mol. The van der Waals surface area contributed by atoms with Crippen LogP contribution in [0.1, 0.15) is 83.6 Å². The van der Waals surface area contributed by atoms with E-state index in [1.807, 2.05) is 0 Å². The number of rotatable bonds is 1. The molecule has 0 fully saturated rings. The van der Waals surface area contributed by atoms with Crippen LogP contribution in [0.3, 0.4) is 0 Å². The van der Waals surface area contributed by atoms with E-state index >= 15 is 0 Å². The topological polar surface area (TPSA) is 12.9 Å². The normalized spacial score (nSPS) is 21.4. The molecule has 33 heavy (non-hydrogen) atoms. The molecule has 0 N–H and O–H groups in total. The Kier molecular flexibility index (Phi) is 5.18. The highest BCUT2D eigenvalue weighted by Crippen LogP contribution is 2.57. The molecule has 2 atom stereocenters. The lowest BCUT2D eigenvalue weighted by Crippen LogP contribution is -2.62. The van der Waals surface area contributed by atoms with Gasteiger partial charge in [0.05, 0.1) is 0 Å². The first-order chi connectivity index (χ1) is 15.4. The van der Waals surface area contributed by atoms with Crippen molar-refractivity contribution < 1.29 is 0 Å². The summed E-state index contributed by atoms with van der Waals surface area (Å²) in [6.45, 7) is 19.1. The zero-order valence-corrected chi connectivity index (χ0v) is 22.2. The van der Waals surface area contributed by atoms with Crippen molar-refractivity contribution in [3.63, 3.8) is 0 Å². The van der Waals surface area contributed by atoms with Crippen molar-refractivity contribution >= 4 is 29.5 Å². The standard InChI is InChI=1S/C30H36BNS/c1-28(2,3)19-16-17-24(32-18-19)31-22-14-11-13-21(29(4,5)6)26(22)30(7,8)25-20-12-9-10-15-23(20)33-27(25)31/h9-18,25,27H,1-8H3. The SMILES string of the molecule is CC(C)(C)c1ccc(B2c3cccc(C(C)(C)C)c3C(C)(C)C3c4ccccc4SC23)nc1. The van der Waals surface area contributed by atoms with Gasteiger partial charge in [-0.25, -0.2) is 0 Å². The third kappa shape index (κ3) is 3.59. The van der Waals surface area contributed by atoms with E-state index in [-0.39, 0.29) is 23.0 Å². The maximum absolute atomic E-state index is 5.12. The van der Waals surface area contributed by atoms with Crippen LogP contribution in [0, 0.1) is 0 Å². The second-order valence-corrected chi connectivity index (χ2v) is 13.8. The second kappa shape index (κ2) is 7.50. The van der Waals surface area contributed by atoms with Gasteiger partial charge in [0.1, 0.15) is 0 Å². The van der Waals surface area contributed by atoms with E-state index < -0.39 is 0 Å². The Morgan fingerprint density at radius 3 is 2.21 bits per heavy atom. The summed E-state index contributed by atoms with van der Waals surface area (Å²) in [4.78, 5) is 6.56. The number of hydrogen-bond acceptors (Lipinski definition) is 2. The van der Waals surface area contributed by atoms with Crippen molar-refractivity contribution in [3.05, 3.63) is 83.0 Å². The van der Waals surface area contributed by atoms with Gasteiger partial charge in [-0.05, 0) is 50.6 Å². The fourth-order valence-corrected chi connectivity index (χ4v) is 7.99. The van der Waals surface area contributed by atoms with Crippen LogP contribution in [0.2, 0.25) is 0 Å². The van der Waals surface area contributed by atoms with Crippen LogP contribution in [0.4, 0.5) is 0 Å². The van der Waals surface area contributed by atoms with Gasteiger partial charge in [0.25, 0.3) is 0 Å². The third-order valence-corrected chi connectivity index (χ3v) is 9.25. The minimum absolute atomic E-state index is 0.0470. The fraction of sp³-hybridized carbons (Fsp3) is 0.433. The number of benzene rings is 2. The van der Waals surface area contributed by atoms with Gasteiger partial charge >= 0.3 is 0 Å². The molecular weight excluding hydrogens is 417 g/mol. The number of hydrogen-bond donors (Lipinski definition) is 0. The molecule has 0 amide bonds. The molecule has 0 aliphatic carbocycles. The highest BCUT2D eigenvalue weighted by atomic mass is 32.2. The summed E-state index contributed by atoms with van der Waals surface area (Å²) in [5, 5.41) is 0.452. The first-order valence-corrected chi connectivity index (χ1v) is 13.1. The third-order valence-electron chi connectivity index (χ3n) is 7.81. The van der Waals surface area contributed by atoms with Gasteiger partial charge in [0.2, 0.25) is 6.71 Å². The van der Waals surface area contributed by atoms with E-state index in [1.54, 1.807) is 5.56 Å². The molecule has 3 heteroatoms. The fourth-order valence-electron chi connectivity index (χ4n) is 6.16. The van der Waals surface area contributed by atoms with Crippen LogP contribution in [0.25, 0.3) is 0 Å². The number of aromatic nitrogens is 1. The molecule has 2 aliphatic rings. The minimum atomic E-state index is 0.0470. The van der Waals surface area contributed by atoms with Crippen LogP contribution >= 0.6 is 11.8 Å². The molecule has 2 aromatic carbocycles. The zero-order chi connectivity index (χ0) is 23.8. The van der Waals surface area contributed by atoms with Crippen molar-refractivity contribution in [2.24, 2.45) is 0 Å². The second-order valence-electron chi connectivity index (χ2n) is 12.5. The molecule has 3 heterocycles. The molecule has 0 radical (unpaired) electrons. The molecule has 0 bridgehead atoms. The molecule has 2 unspecified atom stereocenters. The Labute approximate surface area is 204 Å². The van der Waals surface area contributed by atoms with E-state index in [0.717, 1.165) is 0 Å². The Morgan fingerprint density at radius 2 is 1.58 bits per heavy atom. The highest BCUT2D eigenvalue weighted by Gasteiger charge is 2.55. The summed E-state index contributed by atoms with van der Waals surface area (Å²) in [5.74, 6) is 0.462. The molecule has 0 spiro atoms.